The van der Waals surface area contributed by atoms with Crippen LogP contribution in [0.1, 0.15) is 33.6 Å². The van der Waals surface area contributed by atoms with Crippen molar-refractivity contribution in [3.8, 4) is 0 Å². The van der Waals surface area contributed by atoms with E-state index in [4.69, 9.17) is 11.6 Å². The summed E-state index contributed by atoms with van der Waals surface area (Å²) in [7, 11) is 0. The van der Waals surface area contributed by atoms with Crippen molar-refractivity contribution in [2.45, 2.75) is 46.2 Å². The van der Waals surface area contributed by atoms with Crippen molar-refractivity contribution in [2.75, 3.05) is 24.5 Å². The van der Waals surface area contributed by atoms with Gasteiger partial charge >= 0.3 is 0 Å². The van der Waals surface area contributed by atoms with Crippen LogP contribution in [0.25, 0.3) is 0 Å². The Morgan fingerprint density at radius 3 is 2.90 bits per heavy atom. The molecule has 0 radical (unpaired) electrons. The van der Waals surface area contributed by atoms with Crippen LogP contribution in [-0.4, -0.2) is 35.5 Å². The first-order valence-corrected chi connectivity index (χ1v) is 8.15. The molecule has 2 heterocycles. The maximum absolute atomic E-state index is 12.4. The molecule has 1 N–H and O–H groups in total. The van der Waals surface area contributed by atoms with Gasteiger partial charge in [0.2, 0.25) is 0 Å². The summed E-state index contributed by atoms with van der Waals surface area (Å²) in [5.41, 5.74) is 0.572. The molecule has 1 saturated heterocycles. The van der Waals surface area contributed by atoms with Gasteiger partial charge in [0, 0.05) is 25.7 Å². The Labute approximate surface area is 131 Å². The molecular weight excluding hydrogens is 288 g/mol. The third-order valence-corrected chi connectivity index (χ3v) is 4.22. The zero-order chi connectivity index (χ0) is 15.4. The fourth-order valence-corrected chi connectivity index (χ4v) is 3.11. The van der Waals surface area contributed by atoms with Gasteiger partial charge in [-0.3, -0.25) is 4.79 Å². The summed E-state index contributed by atoms with van der Waals surface area (Å²) >= 11 is 6.34. The number of nitrogens with zero attached hydrogens (tertiary/aromatic N) is 3. The average Bonchev–Trinajstić information content (AvgIpc) is 2.48. The highest BCUT2D eigenvalue weighted by atomic mass is 35.5. The number of rotatable bonds is 5. The Hall–Kier alpha value is -1.07. The topological polar surface area (TPSA) is 50.2 Å². The monoisotopic (exact) mass is 312 g/mol. The first kappa shape index (κ1) is 16.3. The second-order valence-electron chi connectivity index (χ2n) is 6.01. The van der Waals surface area contributed by atoms with Crippen LogP contribution < -0.4 is 15.8 Å². The maximum Gasteiger partial charge on any atom is 0.287 e. The summed E-state index contributed by atoms with van der Waals surface area (Å²) < 4.78 is 1.46. The van der Waals surface area contributed by atoms with E-state index in [1.54, 1.807) is 6.20 Å². The third-order valence-electron chi connectivity index (χ3n) is 3.87. The highest BCUT2D eigenvalue weighted by molar-refractivity contribution is 6.33. The molecule has 2 rings (SSSR count). The summed E-state index contributed by atoms with van der Waals surface area (Å²) in [5.74, 6) is 0.363. The summed E-state index contributed by atoms with van der Waals surface area (Å²) in [5, 5.41) is 7.99. The van der Waals surface area contributed by atoms with Crippen molar-refractivity contribution >= 4 is 17.3 Å². The van der Waals surface area contributed by atoms with E-state index >= 15 is 0 Å². The summed E-state index contributed by atoms with van der Waals surface area (Å²) in [6.45, 7) is 9.61. The van der Waals surface area contributed by atoms with Gasteiger partial charge in [0.15, 0.2) is 0 Å². The van der Waals surface area contributed by atoms with E-state index in [2.05, 4.69) is 36.1 Å². The molecule has 0 aliphatic carbocycles. The molecule has 1 aliphatic rings. The van der Waals surface area contributed by atoms with Crippen LogP contribution in [0, 0.1) is 5.92 Å². The SMILES string of the molecule is CCN(c1cnn(CC(C)C)c(=O)c1Cl)C1CCCNC1. The molecule has 1 aromatic heterocycles. The Morgan fingerprint density at radius 2 is 2.33 bits per heavy atom. The van der Waals surface area contributed by atoms with Crippen LogP contribution in [0.4, 0.5) is 5.69 Å². The molecule has 0 amide bonds. The van der Waals surface area contributed by atoms with Crippen LogP contribution in [0.5, 0.6) is 0 Å². The Kier molecular flexibility index (Phi) is 5.65. The van der Waals surface area contributed by atoms with Gasteiger partial charge in [0.25, 0.3) is 5.56 Å². The van der Waals surface area contributed by atoms with E-state index in [0.29, 0.717) is 18.5 Å². The Bertz CT molecular complexity index is 523. The van der Waals surface area contributed by atoms with Crippen LogP contribution >= 0.6 is 11.6 Å². The molecule has 1 aromatic rings. The van der Waals surface area contributed by atoms with E-state index < -0.39 is 0 Å². The number of anilines is 1. The number of hydrogen-bond acceptors (Lipinski definition) is 4. The van der Waals surface area contributed by atoms with Gasteiger partial charge in [-0.05, 0) is 32.2 Å². The molecular formula is C15H25ClN4O. The lowest BCUT2D eigenvalue weighted by molar-refractivity contribution is 0.432. The van der Waals surface area contributed by atoms with E-state index in [9.17, 15) is 4.79 Å². The number of likely N-dealkylation sites (N-methyl/N-ethyl adjacent to an activating group) is 1. The largest absolute Gasteiger partial charge is 0.365 e. The molecule has 0 aromatic carbocycles. The molecule has 118 valence electrons. The molecule has 1 fully saturated rings. The van der Waals surface area contributed by atoms with E-state index in [0.717, 1.165) is 38.2 Å². The van der Waals surface area contributed by atoms with Crippen LogP contribution in [0.15, 0.2) is 11.0 Å². The minimum absolute atomic E-state index is 0.190. The van der Waals surface area contributed by atoms with Crippen molar-refractivity contribution in [3.63, 3.8) is 0 Å². The smallest absolute Gasteiger partial charge is 0.287 e. The molecule has 6 heteroatoms. The van der Waals surface area contributed by atoms with Crippen molar-refractivity contribution in [2.24, 2.45) is 5.92 Å². The Morgan fingerprint density at radius 1 is 1.57 bits per heavy atom. The number of piperidine rings is 1. The molecule has 0 spiro atoms. The fourth-order valence-electron chi connectivity index (χ4n) is 2.86. The first-order valence-electron chi connectivity index (χ1n) is 7.77. The minimum Gasteiger partial charge on any atom is -0.365 e. The second-order valence-corrected chi connectivity index (χ2v) is 6.39. The average molecular weight is 313 g/mol. The molecule has 21 heavy (non-hydrogen) atoms. The third kappa shape index (κ3) is 3.77. The Balaban J connectivity index is 2.29. The van der Waals surface area contributed by atoms with Crippen molar-refractivity contribution in [1.82, 2.24) is 15.1 Å². The lowest BCUT2D eigenvalue weighted by Gasteiger charge is -2.35. The molecule has 1 aliphatic heterocycles. The molecule has 1 unspecified atom stereocenters. The number of aromatic nitrogens is 2. The first-order chi connectivity index (χ1) is 10.0. The van der Waals surface area contributed by atoms with E-state index in [1.807, 2.05) is 0 Å². The summed E-state index contributed by atoms with van der Waals surface area (Å²) in [6, 6.07) is 0.378. The summed E-state index contributed by atoms with van der Waals surface area (Å²) in [4.78, 5) is 14.6. The number of nitrogens with one attached hydrogen (secondary N) is 1. The quantitative estimate of drug-likeness (QED) is 0.905. The maximum atomic E-state index is 12.4. The molecule has 5 nitrogen and oxygen atoms in total. The predicted molar refractivity (Wildman–Crippen MR) is 87.3 cm³/mol. The predicted octanol–water partition coefficient (Wildman–Crippen LogP) is 2.13. The van der Waals surface area contributed by atoms with Crippen molar-refractivity contribution in [3.05, 3.63) is 21.6 Å². The van der Waals surface area contributed by atoms with E-state index in [1.165, 1.54) is 4.68 Å². The molecule has 1 atom stereocenters. The molecule has 0 bridgehead atoms. The van der Waals surface area contributed by atoms with E-state index in [-0.39, 0.29) is 10.6 Å². The van der Waals surface area contributed by atoms with Crippen molar-refractivity contribution in [1.29, 1.82) is 0 Å². The highest BCUT2D eigenvalue weighted by Gasteiger charge is 2.23. The second kappa shape index (κ2) is 7.27. The summed E-state index contributed by atoms with van der Waals surface area (Å²) in [6.07, 6.45) is 4.01. The van der Waals surface area contributed by atoms with Gasteiger partial charge in [-0.1, -0.05) is 25.4 Å². The lowest BCUT2D eigenvalue weighted by atomic mass is 10.1. The zero-order valence-electron chi connectivity index (χ0n) is 13.1. The van der Waals surface area contributed by atoms with Crippen LogP contribution in [0.2, 0.25) is 5.02 Å². The van der Waals surface area contributed by atoms with Crippen LogP contribution in [0.3, 0.4) is 0 Å². The minimum atomic E-state index is -0.190. The highest BCUT2D eigenvalue weighted by Crippen LogP contribution is 2.25. The van der Waals surface area contributed by atoms with Gasteiger partial charge in [-0.15, -0.1) is 0 Å². The van der Waals surface area contributed by atoms with Crippen molar-refractivity contribution < 1.29 is 0 Å². The van der Waals surface area contributed by atoms with Gasteiger partial charge in [0.1, 0.15) is 5.02 Å². The number of hydrogen-bond donors (Lipinski definition) is 1. The zero-order valence-corrected chi connectivity index (χ0v) is 13.9. The standard InChI is InChI=1S/C15H25ClN4O/c1-4-19(12-6-5-7-17-8-12)13-9-18-20(10-11(2)3)15(21)14(13)16/h9,11-12,17H,4-8,10H2,1-3H3. The molecule has 0 saturated carbocycles. The van der Waals surface area contributed by atoms with Gasteiger partial charge in [-0.2, -0.15) is 5.10 Å². The van der Waals surface area contributed by atoms with Gasteiger partial charge in [0.05, 0.1) is 11.9 Å². The van der Waals surface area contributed by atoms with Gasteiger partial charge < -0.3 is 10.2 Å². The van der Waals surface area contributed by atoms with Gasteiger partial charge in [-0.25, -0.2) is 4.68 Å². The fraction of sp³-hybridized carbons (Fsp3) is 0.733. The van der Waals surface area contributed by atoms with Crippen LogP contribution in [-0.2, 0) is 6.54 Å². The lowest BCUT2D eigenvalue weighted by Crippen LogP contribution is -2.46. The normalized spacial score (nSPS) is 19.0. The number of halogens is 1.